The number of benzene rings is 1. The number of carbonyl (C=O) groups excluding carboxylic acids is 1. The van der Waals surface area contributed by atoms with E-state index in [1.54, 1.807) is 0 Å². The largest absolute Gasteiger partial charge is 0.469 e. The smallest absolute Gasteiger partial charge is 0.306 e. The lowest BCUT2D eigenvalue weighted by Crippen LogP contribution is -2.12. The van der Waals surface area contributed by atoms with Gasteiger partial charge in [-0.05, 0) is 22.5 Å². The molecule has 0 fully saturated rings. The third-order valence-electron chi connectivity index (χ3n) is 3.02. The molecular formula is C15H22O2. The van der Waals surface area contributed by atoms with Gasteiger partial charge in [-0.3, -0.25) is 4.79 Å². The van der Waals surface area contributed by atoms with Gasteiger partial charge in [-0.15, -0.1) is 0 Å². The Labute approximate surface area is 104 Å². The van der Waals surface area contributed by atoms with E-state index in [-0.39, 0.29) is 17.3 Å². The van der Waals surface area contributed by atoms with E-state index in [1.165, 1.54) is 18.2 Å². The molecule has 94 valence electrons. The summed E-state index contributed by atoms with van der Waals surface area (Å²) >= 11 is 0. The molecule has 0 N–H and O–H groups in total. The van der Waals surface area contributed by atoms with Crippen molar-refractivity contribution in [3.05, 3.63) is 35.4 Å². The van der Waals surface area contributed by atoms with Crippen molar-refractivity contribution in [2.75, 3.05) is 7.11 Å². The number of hydrogen-bond acceptors (Lipinski definition) is 2. The summed E-state index contributed by atoms with van der Waals surface area (Å²) < 4.78 is 4.70. The summed E-state index contributed by atoms with van der Waals surface area (Å²) in [7, 11) is 1.43. The molecule has 17 heavy (non-hydrogen) atoms. The summed E-state index contributed by atoms with van der Waals surface area (Å²) in [5.74, 6) is 0.0448. The highest BCUT2D eigenvalue weighted by atomic mass is 16.5. The predicted octanol–water partition coefficient (Wildman–Crippen LogP) is 3.65. The van der Waals surface area contributed by atoms with Crippen molar-refractivity contribution < 1.29 is 9.53 Å². The van der Waals surface area contributed by atoms with Crippen LogP contribution in [0, 0.1) is 0 Å². The quantitative estimate of drug-likeness (QED) is 0.746. The highest BCUT2D eigenvalue weighted by Crippen LogP contribution is 2.27. The summed E-state index contributed by atoms with van der Waals surface area (Å²) in [6.45, 7) is 8.63. The van der Waals surface area contributed by atoms with Crippen LogP contribution in [0.4, 0.5) is 0 Å². The maximum Gasteiger partial charge on any atom is 0.306 e. The molecule has 1 rings (SSSR count). The van der Waals surface area contributed by atoms with Crippen LogP contribution in [0.15, 0.2) is 24.3 Å². The van der Waals surface area contributed by atoms with Crippen molar-refractivity contribution in [3.63, 3.8) is 0 Å². The first-order chi connectivity index (χ1) is 7.84. The van der Waals surface area contributed by atoms with Crippen LogP contribution in [-0.4, -0.2) is 13.1 Å². The maximum absolute atomic E-state index is 11.3. The zero-order valence-corrected chi connectivity index (χ0v) is 11.4. The average Bonchev–Trinajstić information content (AvgIpc) is 2.28. The van der Waals surface area contributed by atoms with Gasteiger partial charge in [0.2, 0.25) is 0 Å². The molecule has 2 heteroatoms. The number of esters is 1. The molecular weight excluding hydrogens is 212 g/mol. The lowest BCUT2D eigenvalue weighted by atomic mass is 9.84. The van der Waals surface area contributed by atoms with E-state index < -0.39 is 0 Å². The molecule has 0 aliphatic carbocycles. The third kappa shape index (κ3) is 3.88. The molecule has 0 aromatic heterocycles. The van der Waals surface area contributed by atoms with Crippen LogP contribution in [0.3, 0.4) is 0 Å². The second-order valence-corrected chi connectivity index (χ2v) is 5.56. The molecule has 0 aliphatic heterocycles. The molecule has 0 heterocycles. The highest BCUT2D eigenvalue weighted by Gasteiger charge is 2.16. The van der Waals surface area contributed by atoms with Gasteiger partial charge in [0.05, 0.1) is 13.5 Å². The number of hydrogen-bond donors (Lipinski definition) is 0. The summed E-state index contributed by atoms with van der Waals surface area (Å²) in [4.78, 5) is 11.3. The summed E-state index contributed by atoms with van der Waals surface area (Å²) in [5, 5.41) is 0. The topological polar surface area (TPSA) is 26.3 Å². The minimum Gasteiger partial charge on any atom is -0.469 e. The van der Waals surface area contributed by atoms with Gasteiger partial charge >= 0.3 is 5.97 Å². The second kappa shape index (κ2) is 5.35. The first-order valence-corrected chi connectivity index (χ1v) is 6.02. The molecule has 0 aliphatic rings. The van der Waals surface area contributed by atoms with Crippen LogP contribution in [0.5, 0.6) is 0 Å². The summed E-state index contributed by atoms with van der Waals surface area (Å²) in [5.41, 5.74) is 2.63. The van der Waals surface area contributed by atoms with E-state index in [2.05, 4.69) is 52.0 Å². The first-order valence-electron chi connectivity index (χ1n) is 6.02. The minimum absolute atomic E-state index is 0.140. The first kappa shape index (κ1) is 13.8. The fraction of sp³-hybridized carbons (Fsp3) is 0.533. The van der Waals surface area contributed by atoms with Gasteiger partial charge in [0.25, 0.3) is 0 Å². The predicted molar refractivity (Wildman–Crippen MR) is 70.2 cm³/mol. The zero-order valence-electron chi connectivity index (χ0n) is 11.4. The molecule has 2 nitrogen and oxygen atoms in total. The Morgan fingerprint density at radius 3 is 2.53 bits per heavy atom. The fourth-order valence-corrected chi connectivity index (χ4v) is 1.76. The van der Waals surface area contributed by atoms with Gasteiger partial charge in [0.1, 0.15) is 0 Å². The van der Waals surface area contributed by atoms with Crippen LogP contribution in [0.2, 0.25) is 0 Å². The Hall–Kier alpha value is -1.31. The SMILES string of the molecule is COC(=O)CC(C)c1cccc(C(C)(C)C)c1. The van der Waals surface area contributed by atoms with Gasteiger partial charge in [0, 0.05) is 0 Å². The summed E-state index contributed by atoms with van der Waals surface area (Å²) in [6, 6.07) is 8.45. The number of ether oxygens (including phenoxy) is 1. The average molecular weight is 234 g/mol. The van der Waals surface area contributed by atoms with Crippen LogP contribution in [0.1, 0.15) is 51.2 Å². The molecule has 1 unspecified atom stereocenters. The van der Waals surface area contributed by atoms with E-state index in [0.717, 1.165) is 0 Å². The minimum atomic E-state index is -0.154. The van der Waals surface area contributed by atoms with Gasteiger partial charge in [-0.25, -0.2) is 0 Å². The van der Waals surface area contributed by atoms with Crippen LogP contribution < -0.4 is 0 Å². The molecule has 0 radical (unpaired) electrons. The molecule has 0 amide bonds. The number of rotatable bonds is 3. The van der Waals surface area contributed by atoms with Crippen molar-refractivity contribution in [1.82, 2.24) is 0 Å². The van der Waals surface area contributed by atoms with E-state index in [1.807, 2.05) is 0 Å². The van der Waals surface area contributed by atoms with Gasteiger partial charge < -0.3 is 4.74 Å². The number of methoxy groups -OCH3 is 1. The van der Waals surface area contributed by atoms with E-state index >= 15 is 0 Å². The fourth-order valence-electron chi connectivity index (χ4n) is 1.76. The Morgan fingerprint density at radius 1 is 1.35 bits per heavy atom. The van der Waals surface area contributed by atoms with Gasteiger partial charge in [0.15, 0.2) is 0 Å². The lowest BCUT2D eigenvalue weighted by molar-refractivity contribution is -0.140. The van der Waals surface area contributed by atoms with E-state index in [9.17, 15) is 4.79 Å². The van der Waals surface area contributed by atoms with Crippen molar-refractivity contribution >= 4 is 5.97 Å². The molecule has 0 bridgehead atoms. The molecule has 0 saturated heterocycles. The van der Waals surface area contributed by atoms with E-state index in [4.69, 9.17) is 4.74 Å². The third-order valence-corrected chi connectivity index (χ3v) is 3.02. The molecule has 1 aromatic carbocycles. The monoisotopic (exact) mass is 234 g/mol. The zero-order chi connectivity index (χ0) is 13.1. The maximum atomic E-state index is 11.3. The Balaban J connectivity index is 2.88. The van der Waals surface area contributed by atoms with Crippen molar-refractivity contribution in [2.24, 2.45) is 0 Å². The normalized spacial score (nSPS) is 13.2. The lowest BCUT2D eigenvalue weighted by Gasteiger charge is -2.21. The summed E-state index contributed by atoms with van der Waals surface area (Å²) in [6.07, 6.45) is 0.435. The Morgan fingerprint density at radius 2 is 2.00 bits per heavy atom. The van der Waals surface area contributed by atoms with Gasteiger partial charge in [-0.1, -0.05) is 52.0 Å². The second-order valence-electron chi connectivity index (χ2n) is 5.56. The van der Waals surface area contributed by atoms with E-state index in [0.29, 0.717) is 6.42 Å². The Bertz CT molecular complexity index is 388. The van der Waals surface area contributed by atoms with Crippen LogP contribution in [-0.2, 0) is 14.9 Å². The van der Waals surface area contributed by atoms with Gasteiger partial charge in [-0.2, -0.15) is 0 Å². The van der Waals surface area contributed by atoms with Crippen LogP contribution in [0.25, 0.3) is 0 Å². The van der Waals surface area contributed by atoms with Crippen LogP contribution >= 0.6 is 0 Å². The van der Waals surface area contributed by atoms with Crippen molar-refractivity contribution in [1.29, 1.82) is 0 Å². The molecule has 0 saturated carbocycles. The molecule has 1 atom stereocenters. The Kier molecular flexibility index (Phi) is 4.33. The highest BCUT2D eigenvalue weighted by molar-refractivity contribution is 5.70. The number of carbonyl (C=O) groups is 1. The van der Waals surface area contributed by atoms with Crippen molar-refractivity contribution in [2.45, 2.75) is 45.4 Å². The molecule has 1 aromatic rings. The molecule has 0 spiro atoms. The standard InChI is InChI=1S/C15H22O2/c1-11(9-14(16)17-5)12-7-6-8-13(10-12)15(2,3)4/h6-8,10-11H,9H2,1-5H3. The van der Waals surface area contributed by atoms with Crippen molar-refractivity contribution in [3.8, 4) is 0 Å².